The summed E-state index contributed by atoms with van der Waals surface area (Å²) in [5.74, 6) is -2.03. The van der Waals surface area contributed by atoms with E-state index in [1.54, 1.807) is 0 Å². The summed E-state index contributed by atoms with van der Waals surface area (Å²) in [6, 6.07) is 3.69. The van der Waals surface area contributed by atoms with Crippen molar-refractivity contribution < 1.29 is 24.7 Å². The Kier molecular flexibility index (Phi) is 4.95. The molecule has 19 heavy (non-hydrogen) atoms. The molecule has 1 rings (SSSR count). The van der Waals surface area contributed by atoms with Gasteiger partial charge in [0, 0.05) is 30.7 Å². The molecule has 0 heterocycles. The Hall–Kier alpha value is -2.48. The first-order valence-corrected chi connectivity index (χ1v) is 5.34. The van der Waals surface area contributed by atoms with Gasteiger partial charge in [-0.25, -0.2) is 4.79 Å². The molecule has 0 fully saturated rings. The fourth-order valence-electron chi connectivity index (χ4n) is 1.39. The van der Waals surface area contributed by atoms with Crippen LogP contribution >= 0.6 is 0 Å². The van der Waals surface area contributed by atoms with E-state index in [9.17, 15) is 19.7 Å². The lowest BCUT2D eigenvalue weighted by molar-refractivity contribution is -0.384. The fraction of sp³-hybridized carbons (Fsp3) is 0.273. The molecule has 0 radical (unpaired) electrons. The van der Waals surface area contributed by atoms with E-state index in [1.165, 1.54) is 18.2 Å². The Morgan fingerprint density at radius 2 is 2.11 bits per heavy atom. The van der Waals surface area contributed by atoms with E-state index in [2.05, 4.69) is 5.32 Å². The van der Waals surface area contributed by atoms with E-state index in [4.69, 9.17) is 10.2 Å². The second-order valence-corrected chi connectivity index (χ2v) is 3.68. The first-order chi connectivity index (χ1) is 8.95. The molecule has 0 aliphatic heterocycles. The van der Waals surface area contributed by atoms with Gasteiger partial charge in [0.1, 0.15) is 6.04 Å². The van der Waals surface area contributed by atoms with Crippen molar-refractivity contribution in [1.82, 2.24) is 5.32 Å². The molecule has 1 amide bonds. The van der Waals surface area contributed by atoms with E-state index < -0.39 is 29.4 Å². The Balaban J connectivity index is 2.85. The number of rotatable bonds is 6. The predicted octanol–water partition coefficient (Wildman–Crippen LogP) is 0.160. The predicted molar refractivity (Wildman–Crippen MR) is 63.7 cm³/mol. The number of carboxylic acid groups (broad SMARTS) is 1. The van der Waals surface area contributed by atoms with Gasteiger partial charge in [0.15, 0.2) is 0 Å². The maximum absolute atomic E-state index is 11.7. The Labute approximate surface area is 107 Å². The fourth-order valence-corrected chi connectivity index (χ4v) is 1.39. The number of nitro benzene ring substituents is 1. The molecule has 1 unspecified atom stereocenters. The molecule has 0 spiro atoms. The lowest BCUT2D eigenvalue weighted by atomic mass is 10.1. The van der Waals surface area contributed by atoms with Crippen LogP contribution in [0, 0.1) is 10.1 Å². The second-order valence-electron chi connectivity index (χ2n) is 3.68. The van der Waals surface area contributed by atoms with Gasteiger partial charge in [0.25, 0.3) is 11.6 Å². The Morgan fingerprint density at radius 3 is 2.63 bits per heavy atom. The molecule has 0 aromatic heterocycles. The number of aliphatic hydroxyl groups excluding tert-OH is 1. The monoisotopic (exact) mass is 268 g/mol. The van der Waals surface area contributed by atoms with E-state index in [0.717, 1.165) is 6.07 Å². The number of benzene rings is 1. The SMILES string of the molecule is O=C(NC(CCO)C(=O)O)c1cccc([N+](=O)[O-])c1. The van der Waals surface area contributed by atoms with Crippen LogP contribution in [0.1, 0.15) is 16.8 Å². The summed E-state index contributed by atoms with van der Waals surface area (Å²) in [5, 5.41) is 30.2. The van der Waals surface area contributed by atoms with Gasteiger partial charge in [-0.3, -0.25) is 14.9 Å². The maximum Gasteiger partial charge on any atom is 0.326 e. The summed E-state index contributed by atoms with van der Waals surface area (Å²) in [6.45, 7) is -0.397. The summed E-state index contributed by atoms with van der Waals surface area (Å²) in [4.78, 5) is 32.4. The minimum absolute atomic E-state index is 0.0154. The van der Waals surface area contributed by atoms with Crippen molar-refractivity contribution in [1.29, 1.82) is 0 Å². The first kappa shape index (κ1) is 14.6. The van der Waals surface area contributed by atoms with Crippen LogP contribution in [-0.4, -0.2) is 39.7 Å². The molecule has 0 bridgehead atoms. The van der Waals surface area contributed by atoms with Crippen LogP contribution in [-0.2, 0) is 4.79 Å². The van der Waals surface area contributed by atoms with E-state index >= 15 is 0 Å². The molecular formula is C11H12N2O6. The molecule has 102 valence electrons. The van der Waals surface area contributed by atoms with Crippen LogP contribution in [0.4, 0.5) is 5.69 Å². The zero-order valence-electron chi connectivity index (χ0n) is 9.78. The van der Waals surface area contributed by atoms with Crippen molar-refractivity contribution in [3.05, 3.63) is 39.9 Å². The number of nitro groups is 1. The molecule has 0 saturated carbocycles. The van der Waals surface area contributed by atoms with Crippen molar-refractivity contribution in [2.24, 2.45) is 0 Å². The number of aliphatic carboxylic acids is 1. The molecule has 8 heteroatoms. The number of aliphatic hydroxyl groups is 1. The number of nitrogens with zero attached hydrogens (tertiary/aromatic N) is 1. The number of non-ortho nitro benzene ring substituents is 1. The number of amides is 1. The number of nitrogens with one attached hydrogen (secondary N) is 1. The third-order valence-electron chi connectivity index (χ3n) is 2.34. The van der Waals surface area contributed by atoms with E-state index in [1.807, 2.05) is 0 Å². The molecule has 1 aromatic rings. The van der Waals surface area contributed by atoms with Crippen molar-refractivity contribution >= 4 is 17.6 Å². The molecular weight excluding hydrogens is 256 g/mol. The van der Waals surface area contributed by atoms with Crippen LogP contribution in [0.15, 0.2) is 24.3 Å². The number of hydrogen-bond donors (Lipinski definition) is 3. The van der Waals surface area contributed by atoms with E-state index in [0.29, 0.717) is 0 Å². The van der Waals surface area contributed by atoms with Crippen LogP contribution in [0.3, 0.4) is 0 Å². The molecule has 1 atom stereocenters. The molecule has 0 aliphatic rings. The average Bonchev–Trinajstić information content (AvgIpc) is 2.38. The van der Waals surface area contributed by atoms with Gasteiger partial charge in [0.2, 0.25) is 0 Å². The topological polar surface area (TPSA) is 130 Å². The summed E-state index contributed by atoms with van der Waals surface area (Å²) in [7, 11) is 0. The van der Waals surface area contributed by atoms with Crippen LogP contribution in [0.2, 0.25) is 0 Å². The smallest absolute Gasteiger partial charge is 0.326 e. The van der Waals surface area contributed by atoms with Crippen molar-refractivity contribution in [3.8, 4) is 0 Å². The standard InChI is InChI=1S/C11H12N2O6/c14-5-4-9(11(16)17)12-10(15)7-2-1-3-8(6-7)13(18)19/h1-3,6,9,14H,4-5H2,(H,12,15)(H,16,17). The number of carbonyl (C=O) groups excluding carboxylic acids is 1. The second kappa shape index (κ2) is 6.45. The molecule has 1 aromatic carbocycles. The minimum atomic E-state index is -1.28. The highest BCUT2D eigenvalue weighted by Crippen LogP contribution is 2.13. The zero-order chi connectivity index (χ0) is 14.4. The van der Waals surface area contributed by atoms with Gasteiger partial charge in [-0.15, -0.1) is 0 Å². The third kappa shape index (κ3) is 4.03. The number of carbonyl (C=O) groups is 2. The van der Waals surface area contributed by atoms with Crippen molar-refractivity contribution in [2.45, 2.75) is 12.5 Å². The minimum Gasteiger partial charge on any atom is -0.480 e. The van der Waals surface area contributed by atoms with Gasteiger partial charge in [0.05, 0.1) is 4.92 Å². The van der Waals surface area contributed by atoms with Crippen molar-refractivity contribution in [3.63, 3.8) is 0 Å². The summed E-state index contributed by atoms with van der Waals surface area (Å²) in [5.41, 5.74) is -0.278. The molecule has 0 saturated heterocycles. The quantitative estimate of drug-likeness (QED) is 0.497. The maximum atomic E-state index is 11.7. The highest BCUT2D eigenvalue weighted by atomic mass is 16.6. The molecule has 8 nitrogen and oxygen atoms in total. The van der Waals surface area contributed by atoms with Gasteiger partial charge < -0.3 is 15.5 Å². The summed E-state index contributed by atoms with van der Waals surface area (Å²) >= 11 is 0. The Morgan fingerprint density at radius 1 is 1.42 bits per heavy atom. The highest BCUT2D eigenvalue weighted by Gasteiger charge is 2.20. The number of carboxylic acids is 1. The summed E-state index contributed by atoms with van der Waals surface area (Å²) < 4.78 is 0. The van der Waals surface area contributed by atoms with Gasteiger partial charge in [-0.1, -0.05) is 6.07 Å². The van der Waals surface area contributed by atoms with Crippen LogP contribution < -0.4 is 5.32 Å². The van der Waals surface area contributed by atoms with Crippen molar-refractivity contribution in [2.75, 3.05) is 6.61 Å². The van der Waals surface area contributed by atoms with Crippen LogP contribution in [0.5, 0.6) is 0 Å². The third-order valence-corrected chi connectivity index (χ3v) is 2.34. The van der Waals surface area contributed by atoms with Crippen LogP contribution in [0.25, 0.3) is 0 Å². The molecule has 0 aliphatic carbocycles. The molecule has 3 N–H and O–H groups in total. The van der Waals surface area contributed by atoms with Gasteiger partial charge in [-0.2, -0.15) is 0 Å². The zero-order valence-corrected chi connectivity index (χ0v) is 9.78. The number of hydrogen-bond acceptors (Lipinski definition) is 5. The first-order valence-electron chi connectivity index (χ1n) is 5.34. The highest BCUT2D eigenvalue weighted by molar-refractivity contribution is 5.97. The van der Waals surface area contributed by atoms with E-state index in [-0.39, 0.29) is 17.7 Å². The normalized spacial score (nSPS) is 11.6. The largest absolute Gasteiger partial charge is 0.480 e. The lowest BCUT2D eigenvalue weighted by Crippen LogP contribution is -2.41. The lowest BCUT2D eigenvalue weighted by Gasteiger charge is -2.12. The van der Waals surface area contributed by atoms with Gasteiger partial charge in [-0.05, 0) is 6.07 Å². The summed E-state index contributed by atoms with van der Waals surface area (Å²) in [6.07, 6.45) is -0.143. The average molecular weight is 268 g/mol. The Bertz CT molecular complexity index is 502. The van der Waals surface area contributed by atoms with Gasteiger partial charge >= 0.3 is 5.97 Å².